The number of hydrogen-bond acceptors (Lipinski definition) is 5. The fourth-order valence-electron chi connectivity index (χ4n) is 3.18. The monoisotopic (exact) mass is 475 g/mol. The van der Waals surface area contributed by atoms with Crippen molar-refractivity contribution in [1.29, 1.82) is 0 Å². The maximum atomic E-state index is 13.0. The molecule has 2 rings (SSSR count). The standard InChI is InChI=1S/C19H27N3O4.C2HF3O2/c1-13(10-18(24)25)22-12-17(23)21(2)16-8-7-14(6-4-3-5-9-20)11-15(16)19(22)26;3-2(4,5)1(6)7/h7-8,11,13H,3-6,9-10,12,20H2,1-2H3,(H,24,25);(H,6,7). The van der Waals surface area contributed by atoms with Crippen molar-refractivity contribution in [2.24, 2.45) is 5.73 Å². The third-order valence-electron chi connectivity index (χ3n) is 5.01. The van der Waals surface area contributed by atoms with Gasteiger partial charge in [0.25, 0.3) is 5.91 Å². The molecule has 0 spiro atoms. The number of carboxylic acids is 2. The summed E-state index contributed by atoms with van der Waals surface area (Å²) in [6.45, 7) is 2.21. The zero-order chi connectivity index (χ0) is 25.3. The fraction of sp³-hybridized carbons (Fsp3) is 0.524. The molecule has 1 unspecified atom stereocenters. The predicted molar refractivity (Wildman–Crippen MR) is 113 cm³/mol. The largest absolute Gasteiger partial charge is 0.490 e. The van der Waals surface area contributed by atoms with Crippen molar-refractivity contribution in [2.45, 2.75) is 51.2 Å². The van der Waals surface area contributed by atoms with Crippen LogP contribution in [0.3, 0.4) is 0 Å². The van der Waals surface area contributed by atoms with Crippen LogP contribution in [-0.2, 0) is 20.8 Å². The predicted octanol–water partition coefficient (Wildman–Crippen LogP) is 2.27. The number of likely N-dealkylation sites (N-methyl/N-ethyl adjacent to an activating group) is 1. The number of carbonyl (C=O) groups is 4. The van der Waals surface area contributed by atoms with Crippen LogP contribution in [0.4, 0.5) is 18.9 Å². The maximum absolute atomic E-state index is 13.0. The van der Waals surface area contributed by atoms with E-state index < -0.39 is 24.2 Å². The van der Waals surface area contributed by atoms with Gasteiger partial charge in [-0.3, -0.25) is 14.4 Å². The highest BCUT2D eigenvalue weighted by Gasteiger charge is 2.38. The third kappa shape index (κ3) is 8.37. The number of hydrogen-bond donors (Lipinski definition) is 3. The number of amides is 2. The van der Waals surface area contributed by atoms with Crippen LogP contribution in [-0.4, -0.2) is 71.2 Å². The van der Waals surface area contributed by atoms with Crippen LogP contribution in [0, 0.1) is 0 Å². The molecule has 1 aromatic carbocycles. The van der Waals surface area contributed by atoms with E-state index in [9.17, 15) is 27.6 Å². The molecule has 1 atom stereocenters. The second-order valence-corrected chi connectivity index (χ2v) is 7.59. The quantitative estimate of drug-likeness (QED) is 0.490. The second kappa shape index (κ2) is 12.2. The Balaban J connectivity index is 0.000000675. The molecule has 1 aromatic rings. The summed E-state index contributed by atoms with van der Waals surface area (Å²) >= 11 is 0. The zero-order valence-corrected chi connectivity index (χ0v) is 18.4. The van der Waals surface area contributed by atoms with Crippen molar-refractivity contribution in [3.05, 3.63) is 29.3 Å². The SMILES string of the molecule is CC(CC(=O)O)N1CC(=O)N(C)c2ccc(CCCCCN)cc2C1=O.O=C(O)C(F)(F)F. The number of fused-ring (bicyclic) bond motifs is 1. The molecule has 33 heavy (non-hydrogen) atoms. The van der Waals surface area contributed by atoms with Crippen LogP contribution in [0.5, 0.6) is 0 Å². The van der Waals surface area contributed by atoms with Gasteiger partial charge >= 0.3 is 18.1 Å². The number of nitrogens with two attached hydrogens (primary N) is 1. The lowest BCUT2D eigenvalue weighted by Gasteiger charge is -2.26. The van der Waals surface area contributed by atoms with E-state index >= 15 is 0 Å². The Morgan fingerprint density at radius 1 is 1.15 bits per heavy atom. The Morgan fingerprint density at radius 3 is 2.27 bits per heavy atom. The van der Waals surface area contributed by atoms with E-state index in [2.05, 4.69) is 0 Å². The normalized spacial score (nSPS) is 14.7. The number of benzene rings is 1. The molecule has 0 saturated carbocycles. The molecule has 1 aliphatic heterocycles. The first-order valence-corrected chi connectivity index (χ1v) is 10.2. The lowest BCUT2D eigenvalue weighted by molar-refractivity contribution is -0.192. The van der Waals surface area contributed by atoms with Gasteiger partial charge in [0.2, 0.25) is 5.91 Å². The zero-order valence-electron chi connectivity index (χ0n) is 18.4. The van der Waals surface area contributed by atoms with Crippen molar-refractivity contribution in [1.82, 2.24) is 4.90 Å². The highest BCUT2D eigenvalue weighted by Crippen LogP contribution is 2.28. The van der Waals surface area contributed by atoms with Crippen LogP contribution < -0.4 is 10.6 Å². The van der Waals surface area contributed by atoms with Gasteiger partial charge in [-0.25, -0.2) is 4.79 Å². The van der Waals surface area contributed by atoms with E-state index in [4.69, 9.17) is 20.7 Å². The molecule has 184 valence electrons. The Morgan fingerprint density at radius 2 is 1.76 bits per heavy atom. The van der Waals surface area contributed by atoms with Gasteiger partial charge in [-0.1, -0.05) is 12.5 Å². The number of alkyl halides is 3. The van der Waals surface area contributed by atoms with Gasteiger partial charge < -0.3 is 25.7 Å². The lowest BCUT2D eigenvalue weighted by atomic mass is 10.0. The summed E-state index contributed by atoms with van der Waals surface area (Å²) in [5, 5.41) is 16.2. The van der Waals surface area contributed by atoms with Gasteiger partial charge in [0.05, 0.1) is 17.7 Å². The van der Waals surface area contributed by atoms with Gasteiger partial charge in [0.15, 0.2) is 0 Å². The second-order valence-electron chi connectivity index (χ2n) is 7.59. The average Bonchev–Trinajstić information content (AvgIpc) is 2.81. The Hall–Kier alpha value is -3.15. The molecule has 0 aliphatic carbocycles. The molecule has 0 saturated heterocycles. The summed E-state index contributed by atoms with van der Waals surface area (Å²) in [4.78, 5) is 48.2. The minimum atomic E-state index is -5.08. The molecular weight excluding hydrogens is 447 g/mol. The number of unbranched alkanes of at least 4 members (excludes halogenated alkanes) is 2. The van der Waals surface area contributed by atoms with Crippen molar-refractivity contribution in [3.63, 3.8) is 0 Å². The third-order valence-corrected chi connectivity index (χ3v) is 5.01. The minimum Gasteiger partial charge on any atom is -0.481 e. The number of rotatable bonds is 8. The van der Waals surface area contributed by atoms with Gasteiger partial charge in [-0.2, -0.15) is 13.2 Å². The number of anilines is 1. The van der Waals surface area contributed by atoms with Crippen LogP contribution in [0.1, 0.15) is 48.5 Å². The average molecular weight is 475 g/mol. The van der Waals surface area contributed by atoms with Gasteiger partial charge in [0, 0.05) is 13.1 Å². The number of aryl methyl sites for hydroxylation is 1. The molecule has 0 aromatic heterocycles. The van der Waals surface area contributed by atoms with Crippen molar-refractivity contribution in [3.8, 4) is 0 Å². The van der Waals surface area contributed by atoms with Gasteiger partial charge in [-0.05, 0) is 50.4 Å². The van der Waals surface area contributed by atoms with Crippen LogP contribution in [0.2, 0.25) is 0 Å². The van der Waals surface area contributed by atoms with E-state index in [0.29, 0.717) is 17.8 Å². The highest BCUT2D eigenvalue weighted by molar-refractivity contribution is 6.09. The smallest absolute Gasteiger partial charge is 0.481 e. The van der Waals surface area contributed by atoms with E-state index in [0.717, 1.165) is 31.2 Å². The van der Waals surface area contributed by atoms with Gasteiger partial charge in [-0.15, -0.1) is 0 Å². The number of carbonyl (C=O) groups excluding carboxylic acids is 2. The molecular formula is C21H28F3N3O6. The first-order chi connectivity index (χ1) is 15.3. The number of carboxylic acid groups (broad SMARTS) is 2. The topological polar surface area (TPSA) is 141 Å². The Labute approximate surface area is 188 Å². The van der Waals surface area contributed by atoms with Crippen molar-refractivity contribution >= 4 is 29.4 Å². The summed E-state index contributed by atoms with van der Waals surface area (Å²) in [5.41, 5.74) is 7.56. The van der Waals surface area contributed by atoms with Crippen LogP contribution in [0.25, 0.3) is 0 Å². The summed E-state index contributed by atoms with van der Waals surface area (Å²) in [5.74, 6) is -4.28. The van der Waals surface area contributed by atoms with Gasteiger partial charge in [0.1, 0.15) is 6.54 Å². The Bertz CT molecular complexity index is 875. The van der Waals surface area contributed by atoms with Crippen molar-refractivity contribution < 1.29 is 42.6 Å². The summed E-state index contributed by atoms with van der Waals surface area (Å²) in [6.07, 6.45) is -1.46. The first kappa shape index (κ1) is 27.9. The maximum Gasteiger partial charge on any atom is 0.490 e. The molecule has 0 bridgehead atoms. The molecule has 12 heteroatoms. The highest BCUT2D eigenvalue weighted by atomic mass is 19.4. The van der Waals surface area contributed by atoms with E-state index in [1.807, 2.05) is 12.1 Å². The van der Waals surface area contributed by atoms with E-state index in [-0.39, 0.29) is 24.8 Å². The Kier molecular flexibility index (Phi) is 10.3. The summed E-state index contributed by atoms with van der Waals surface area (Å²) in [6, 6.07) is 5.01. The fourth-order valence-corrected chi connectivity index (χ4v) is 3.18. The van der Waals surface area contributed by atoms with Crippen LogP contribution in [0.15, 0.2) is 18.2 Å². The number of nitrogens with zero attached hydrogens (tertiary/aromatic N) is 2. The van der Waals surface area contributed by atoms with Crippen LogP contribution >= 0.6 is 0 Å². The van der Waals surface area contributed by atoms with Crippen molar-refractivity contribution in [2.75, 3.05) is 25.0 Å². The lowest BCUT2D eigenvalue weighted by Crippen LogP contribution is -2.43. The molecule has 0 fully saturated rings. The molecule has 4 N–H and O–H groups in total. The van der Waals surface area contributed by atoms with E-state index in [1.165, 1.54) is 9.80 Å². The molecule has 0 radical (unpaired) electrons. The molecule has 9 nitrogen and oxygen atoms in total. The van der Waals surface area contributed by atoms with E-state index in [1.54, 1.807) is 20.0 Å². The summed E-state index contributed by atoms with van der Waals surface area (Å²) < 4.78 is 31.7. The summed E-state index contributed by atoms with van der Waals surface area (Å²) in [7, 11) is 1.64. The first-order valence-electron chi connectivity index (χ1n) is 10.2. The number of aliphatic carboxylic acids is 2. The minimum absolute atomic E-state index is 0.121. The molecule has 2 amide bonds. The number of halogens is 3. The molecule has 1 aliphatic rings. The molecule has 1 heterocycles.